The zero-order valence-corrected chi connectivity index (χ0v) is 23.2. The highest BCUT2D eigenvalue weighted by molar-refractivity contribution is 7.47. The zero-order chi connectivity index (χ0) is 29.3. The van der Waals surface area contributed by atoms with Crippen LogP contribution in [0.15, 0.2) is 23.8 Å². The number of aromatic amines is 1. The molecule has 3 saturated heterocycles. The van der Waals surface area contributed by atoms with Crippen molar-refractivity contribution >= 4 is 47.7 Å². The molecule has 0 spiro atoms. The summed E-state index contributed by atoms with van der Waals surface area (Å²) in [5, 5.41) is 22.6. The first-order valence-electron chi connectivity index (χ1n) is 13.0. The van der Waals surface area contributed by atoms with Crippen molar-refractivity contribution in [1.29, 1.82) is 0 Å². The van der Waals surface area contributed by atoms with E-state index in [0.29, 0.717) is 30.4 Å². The number of aliphatic hydroxyl groups is 2. The maximum atomic E-state index is 13.1. The number of halogens is 1. The van der Waals surface area contributed by atoms with E-state index in [4.69, 9.17) is 35.9 Å². The summed E-state index contributed by atoms with van der Waals surface area (Å²) < 4.78 is 39.0. The topological polar surface area (TPSA) is 248 Å². The van der Waals surface area contributed by atoms with E-state index in [1.165, 1.54) is 28.1 Å². The summed E-state index contributed by atoms with van der Waals surface area (Å²) in [5.74, 6) is -0.711. The molecule has 20 heteroatoms. The van der Waals surface area contributed by atoms with Crippen molar-refractivity contribution in [2.75, 3.05) is 12.3 Å². The van der Waals surface area contributed by atoms with Gasteiger partial charge in [-0.15, -0.1) is 0 Å². The van der Waals surface area contributed by atoms with Crippen molar-refractivity contribution in [3.8, 4) is 0 Å². The van der Waals surface area contributed by atoms with Gasteiger partial charge in [0, 0.05) is 5.92 Å². The third kappa shape index (κ3) is 4.59. The Labute approximate surface area is 240 Å². The molecule has 4 aromatic heterocycles. The number of nitrogens with one attached hydrogen (secondary N) is 1. The first-order valence-corrected chi connectivity index (χ1v) is 14.9. The van der Waals surface area contributed by atoms with Gasteiger partial charge in [-0.25, -0.2) is 24.5 Å². The lowest BCUT2D eigenvalue weighted by Gasteiger charge is -2.26. The number of phosphoric ester groups is 1. The maximum absolute atomic E-state index is 13.1. The number of anilines is 1. The van der Waals surface area contributed by atoms with Gasteiger partial charge in [0.2, 0.25) is 5.95 Å². The lowest BCUT2D eigenvalue weighted by Crippen LogP contribution is -2.35. The Bertz CT molecular complexity index is 1770. The standard InChI is InChI=1S/C22H25ClN9O9P/c23-16-11-17(26-5-25-16)31(6-27-11)20-13(33)8-2-1-3-9-14(34)15(41-42(36,37)38-4-10(8)40-20)21(39-9)32-7-28-12-18(32)29-22(24)30-19(12)35/h5-10,13-15,20-21,33-34H,1-4H2,(H,36,37)(H3,24,29,30,35)/t8-,9-,10-,13-,14-,15-,20-,21-/m1/s1. The van der Waals surface area contributed by atoms with Gasteiger partial charge in [0.15, 0.2) is 34.4 Å². The summed E-state index contributed by atoms with van der Waals surface area (Å²) in [7, 11) is -4.84. The number of hydrogen-bond donors (Lipinski definition) is 5. The van der Waals surface area contributed by atoms with Gasteiger partial charge in [0.25, 0.3) is 5.56 Å². The molecule has 1 unspecified atom stereocenters. The first-order chi connectivity index (χ1) is 20.1. The fourth-order valence-electron chi connectivity index (χ4n) is 5.88. The zero-order valence-electron chi connectivity index (χ0n) is 21.5. The van der Waals surface area contributed by atoms with E-state index in [1.807, 2.05) is 0 Å². The minimum atomic E-state index is -4.84. The van der Waals surface area contributed by atoms with Gasteiger partial charge >= 0.3 is 7.82 Å². The number of ether oxygens (including phenoxy) is 2. The summed E-state index contributed by atoms with van der Waals surface area (Å²) in [6, 6.07) is 0. The van der Waals surface area contributed by atoms with E-state index in [0.717, 1.165) is 0 Å². The van der Waals surface area contributed by atoms with Crippen LogP contribution in [0.2, 0.25) is 5.15 Å². The Morgan fingerprint density at radius 1 is 1.00 bits per heavy atom. The molecule has 9 atom stereocenters. The molecule has 3 fully saturated rings. The molecule has 3 aliphatic heterocycles. The molecule has 4 aromatic rings. The van der Waals surface area contributed by atoms with Crippen LogP contribution >= 0.6 is 19.4 Å². The number of imidazole rings is 2. The third-order valence-electron chi connectivity index (χ3n) is 7.83. The molecule has 6 N–H and O–H groups in total. The van der Waals surface area contributed by atoms with E-state index < -0.39 is 68.9 Å². The molecule has 2 bridgehead atoms. The van der Waals surface area contributed by atoms with Crippen molar-refractivity contribution in [3.05, 3.63) is 34.5 Å². The first kappa shape index (κ1) is 27.8. The number of phosphoric acid groups is 1. The van der Waals surface area contributed by atoms with Gasteiger partial charge in [0.05, 0.1) is 31.5 Å². The van der Waals surface area contributed by atoms with E-state index in [2.05, 4.69) is 29.9 Å². The summed E-state index contributed by atoms with van der Waals surface area (Å²) in [6.45, 7) is -0.409. The number of rotatable bonds is 2. The summed E-state index contributed by atoms with van der Waals surface area (Å²) in [4.78, 5) is 45.8. The van der Waals surface area contributed by atoms with Gasteiger partial charge in [-0.1, -0.05) is 18.0 Å². The second-order valence-corrected chi connectivity index (χ2v) is 12.1. The molecule has 0 aliphatic carbocycles. The summed E-state index contributed by atoms with van der Waals surface area (Å²) in [5.41, 5.74) is 5.78. The lowest BCUT2D eigenvalue weighted by atomic mass is 9.91. The molecule has 7 rings (SSSR count). The summed E-state index contributed by atoms with van der Waals surface area (Å²) >= 11 is 6.12. The number of H-pyrrole nitrogens is 1. The Balaban J connectivity index is 1.17. The van der Waals surface area contributed by atoms with Crippen LogP contribution in [-0.4, -0.2) is 91.3 Å². The molecular formula is C22H25ClN9O9P. The lowest BCUT2D eigenvalue weighted by molar-refractivity contribution is -0.0568. The Kier molecular flexibility index (Phi) is 6.80. The van der Waals surface area contributed by atoms with Crippen molar-refractivity contribution in [3.63, 3.8) is 0 Å². The molecular weight excluding hydrogens is 601 g/mol. The van der Waals surface area contributed by atoms with Crippen molar-refractivity contribution < 1.29 is 38.2 Å². The monoisotopic (exact) mass is 625 g/mol. The van der Waals surface area contributed by atoms with Crippen LogP contribution in [-0.2, 0) is 23.1 Å². The number of nitrogens with two attached hydrogens (primary N) is 1. The largest absolute Gasteiger partial charge is 0.472 e. The molecule has 0 saturated carbocycles. The molecule has 18 nitrogen and oxygen atoms in total. The molecule has 224 valence electrons. The van der Waals surface area contributed by atoms with E-state index in [-0.39, 0.29) is 22.3 Å². The summed E-state index contributed by atoms with van der Waals surface area (Å²) in [6.07, 6.45) is -2.51. The number of hydrogen-bond acceptors (Lipinski definition) is 14. The fourth-order valence-corrected chi connectivity index (χ4v) is 6.99. The van der Waals surface area contributed by atoms with Gasteiger partial charge in [0.1, 0.15) is 30.2 Å². The quantitative estimate of drug-likeness (QED) is 0.145. The molecule has 0 aromatic carbocycles. The van der Waals surface area contributed by atoms with Crippen LogP contribution in [0.25, 0.3) is 22.3 Å². The molecule has 3 aliphatic rings. The van der Waals surface area contributed by atoms with E-state index in [9.17, 15) is 24.5 Å². The van der Waals surface area contributed by atoms with Crippen LogP contribution in [0.3, 0.4) is 0 Å². The fraction of sp³-hybridized carbons (Fsp3) is 0.545. The van der Waals surface area contributed by atoms with Crippen molar-refractivity contribution in [1.82, 2.24) is 39.0 Å². The molecule has 42 heavy (non-hydrogen) atoms. The van der Waals surface area contributed by atoms with Crippen LogP contribution in [0.1, 0.15) is 31.7 Å². The van der Waals surface area contributed by atoms with Gasteiger partial charge in [-0.05, 0) is 12.8 Å². The highest BCUT2D eigenvalue weighted by Crippen LogP contribution is 2.51. The van der Waals surface area contributed by atoms with Crippen molar-refractivity contribution in [2.24, 2.45) is 5.92 Å². The number of nitrogen functional groups attached to an aromatic ring is 1. The number of aromatic nitrogens is 8. The average Bonchev–Trinajstić information content (AvgIpc) is 3.69. The Morgan fingerprint density at radius 2 is 1.74 bits per heavy atom. The second kappa shape index (κ2) is 10.3. The van der Waals surface area contributed by atoms with Crippen LogP contribution in [0.4, 0.5) is 5.95 Å². The predicted octanol–water partition coefficient (Wildman–Crippen LogP) is 0.0140. The van der Waals surface area contributed by atoms with Gasteiger partial charge < -0.3 is 30.3 Å². The SMILES string of the molecule is Nc1nc2c(ncn2[C@@H]2O[C@@H]3CCC[C@H]4[C@@H](O)[C@H](n5cnc6c(Cl)ncnc65)O[C@@H]4COP(=O)(O)O[C@@H]2[C@@H]3O)c(=O)[nH]1. The highest BCUT2D eigenvalue weighted by Gasteiger charge is 2.51. The van der Waals surface area contributed by atoms with Crippen LogP contribution in [0.5, 0.6) is 0 Å². The smallest absolute Gasteiger partial charge is 0.388 e. The molecule has 0 radical (unpaired) electrons. The minimum absolute atomic E-state index is 0.0383. The molecule has 0 amide bonds. The molecule has 7 heterocycles. The second-order valence-electron chi connectivity index (χ2n) is 10.3. The Hall–Kier alpha value is -3.06. The highest BCUT2D eigenvalue weighted by atomic mass is 35.5. The van der Waals surface area contributed by atoms with Crippen LogP contribution in [0, 0.1) is 5.92 Å². The third-order valence-corrected chi connectivity index (χ3v) is 9.09. The maximum Gasteiger partial charge on any atom is 0.472 e. The van der Waals surface area contributed by atoms with Crippen molar-refractivity contribution in [2.45, 2.75) is 62.2 Å². The van der Waals surface area contributed by atoms with E-state index in [1.54, 1.807) is 0 Å². The van der Waals surface area contributed by atoms with E-state index >= 15 is 0 Å². The number of fused-ring (bicyclic) bond motifs is 5. The number of aliphatic hydroxyl groups excluding tert-OH is 2. The number of nitrogens with zero attached hydrogens (tertiary/aromatic N) is 7. The minimum Gasteiger partial charge on any atom is -0.388 e. The average molecular weight is 626 g/mol. The van der Waals surface area contributed by atoms with Gasteiger partial charge in [-0.3, -0.25) is 28.0 Å². The Morgan fingerprint density at radius 3 is 2.55 bits per heavy atom. The van der Waals surface area contributed by atoms with Gasteiger partial charge in [-0.2, -0.15) is 4.98 Å². The predicted molar refractivity (Wildman–Crippen MR) is 141 cm³/mol. The van der Waals surface area contributed by atoms with Crippen LogP contribution < -0.4 is 11.3 Å². The normalized spacial score (nSPS) is 35.7.